The van der Waals surface area contributed by atoms with Crippen LogP contribution >= 0.6 is 11.3 Å². The summed E-state index contributed by atoms with van der Waals surface area (Å²) in [7, 11) is 1.54. The van der Waals surface area contributed by atoms with Crippen molar-refractivity contribution in [2.45, 2.75) is 13.8 Å². The molecule has 1 aromatic heterocycles. The number of nitrogens with zero attached hydrogens (tertiary/aromatic N) is 1. The molecular formula is C19H19N3O2S. The van der Waals surface area contributed by atoms with Crippen LogP contribution in [0.1, 0.15) is 26.4 Å². The number of nitrogens with two attached hydrogens (primary N) is 1. The van der Waals surface area contributed by atoms with E-state index in [9.17, 15) is 4.79 Å². The highest BCUT2D eigenvalue weighted by Gasteiger charge is 2.21. The molecule has 25 heavy (non-hydrogen) atoms. The van der Waals surface area contributed by atoms with Gasteiger partial charge in [-0.05, 0) is 43.2 Å². The number of carbonyl (C=O) groups excluding carboxylic acids is 1. The Balaban J connectivity index is 1.92. The Morgan fingerprint density at radius 1 is 1.16 bits per heavy atom. The fourth-order valence-corrected chi connectivity index (χ4v) is 3.36. The standard InChI is InChI=1S/C19H19N3O2S/c1-11-7-6-9-14(12(11)2)21-19-22-18(20)17(25-19)16(23)13-8-4-5-10-15(13)24-3/h4-10H,20H2,1-3H3,(H,21,22). The maximum atomic E-state index is 12.8. The number of methoxy groups -OCH3 is 1. The maximum absolute atomic E-state index is 12.8. The van der Waals surface area contributed by atoms with E-state index in [1.807, 2.05) is 38.1 Å². The molecule has 0 bridgehead atoms. The number of hydrogen-bond acceptors (Lipinski definition) is 6. The van der Waals surface area contributed by atoms with Crippen molar-refractivity contribution in [3.63, 3.8) is 0 Å². The minimum atomic E-state index is -0.193. The normalized spacial score (nSPS) is 10.5. The summed E-state index contributed by atoms with van der Waals surface area (Å²) in [5.74, 6) is 0.541. The first-order chi connectivity index (χ1) is 12.0. The molecule has 6 heteroatoms. The highest BCUT2D eigenvalue weighted by atomic mass is 32.1. The molecule has 3 aromatic rings. The molecule has 0 fully saturated rings. The van der Waals surface area contributed by atoms with Gasteiger partial charge in [0, 0.05) is 5.69 Å². The van der Waals surface area contributed by atoms with Gasteiger partial charge in [-0.2, -0.15) is 0 Å². The second-order valence-electron chi connectivity index (χ2n) is 5.64. The van der Waals surface area contributed by atoms with Crippen molar-refractivity contribution in [3.05, 3.63) is 64.0 Å². The van der Waals surface area contributed by atoms with Gasteiger partial charge in [0.2, 0.25) is 5.78 Å². The molecule has 1 heterocycles. The number of thiazole rings is 1. The van der Waals surface area contributed by atoms with E-state index < -0.39 is 0 Å². The predicted octanol–water partition coefficient (Wildman–Crippen LogP) is 4.33. The van der Waals surface area contributed by atoms with Gasteiger partial charge in [-0.3, -0.25) is 4.79 Å². The number of ether oxygens (including phenoxy) is 1. The van der Waals surface area contributed by atoms with Gasteiger partial charge in [0.1, 0.15) is 16.4 Å². The fourth-order valence-electron chi connectivity index (χ4n) is 2.50. The number of para-hydroxylation sites is 1. The van der Waals surface area contributed by atoms with Gasteiger partial charge in [0.25, 0.3) is 0 Å². The van der Waals surface area contributed by atoms with Crippen LogP contribution in [0.15, 0.2) is 42.5 Å². The molecule has 5 nitrogen and oxygen atoms in total. The number of aryl methyl sites for hydroxylation is 1. The van der Waals surface area contributed by atoms with Gasteiger partial charge < -0.3 is 15.8 Å². The van der Waals surface area contributed by atoms with Crippen molar-refractivity contribution in [2.75, 3.05) is 18.2 Å². The van der Waals surface area contributed by atoms with E-state index in [0.717, 1.165) is 11.3 Å². The van der Waals surface area contributed by atoms with Crippen molar-refractivity contribution in [2.24, 2.45) is 0 Å². The Bertz CT molecular complexity index is 934. The zero-order chi connectivity index (χ0) is 18.0. The van der Waals surface area contributed by atoms with E-state index >= 15 is 0 Å². The molecule has 0 aliphatic rings. The number of carbonyl (C=O) groups is 1. The minimum Gasteiger partial charge on any atom is -0.496 e. The lowest BCUT2D eigenvalue weighted by Gasteiger charge is -2.08. The first kappa shape index (κ1) is 17.0. The molecule has 0 atom stereocenters. The maximum Gasteiger partial charge on any atom is 0.210 e. The molecule has 3 N–H and O–H groups in total. The number of benzene rings is 2. The number of anilines is 3. The van der Waals surface area contributed by atoms with Gasteiger partial charge >= 0.3 is 0 Å². The molecule has 0 saturated carbocycles. The van der Waals surface area contributed by atoms with Crippen LogP contribution in [-0.4, -0.2) is 17.9 Å². The smallest absolute Gasteiger partial charge is 0.210 e. The summed E-state index contributed by atoms with van der Waals surface area (Å²) in [6, 6.07) is 13.1. The van der Waals surface area contributed by atoms with Crippen LogP contribution in [0.3, 0.4) is 0 Å². The molecule has 0 amide bonds. The molecule has 3 rings (SSSR count). The Morgan fingerprint density at radius 2 is 1.92 bits per heavy atom. The van der Waals surface area contributed by atoms with Crippen LogP contribution in [0.5, 0.6) is 5.75 Å². The van der Waals surface area contributed by atoms with E-state index in [4.69, 9.17) is 10.5 Å². The third kappa shape index (κ3) is 3.34. The topological polar surface area (TPSA) is 77.2 Å². The molecule has 2 aromatic carbocycles. The molecule has 0 saturated heterocycles. The molecule has 0 aliphatic carbocycles. The van der Waals surface area contributed by atoms with Crippen molar-refractivity contribution in [3.8, 4) is 5.75 Å². The number of nitrogens with one attached hydrogen (secondary N) is 1. The van der Waals surface area contributed by atoms with Gasteiger partial charge in [0.15, 0.2) is 5.13 Å². The summed E-state index contributed by atoms with van der Waals surface area (Å²) in [6.45, 7) is 4.09. The second-order valence-corrected chi connectivity index (χ2v) is 6.63. The highest BCUT2D eigenvalue weighted by molar-refractivity contribution is 7.18. The lowest BCUT2D eigenvalue weighted by atomic mass is 10.1. The molecule has 0 aliphatic heterocycles. The van der Waals surface area contributed by atoms with Crippen LogP contribution in [0.25, 0.3) is 0 Å². The van der Waals surface area contributed by atoms with Gasteiger partial charge in [-0.25, -0.2) is 4.98 Å². The van der Waals surface area contributed by atoms with Crippen molar-refractivity contribution in [1.82, 2.24) is 4.98 Å². The predicted molar refractivity (Wildman–Crippen MR) is 102 cm³/mol. The molecule has 0 radical (unpaired) electrons. The van der Waals surface area contributed by atoms with E-state index in [2.05, 4.69) is 10.3 Å². The first-order valence-electron chi connectivity index (χ1n) is 7.78. The molecule has 0 spiro atoms. The van der Waals surface area contributed by atoms with E-state index in [0.29, 0.717) is 21.3 Å². The van der Waals surface area contributed by atoms with Crippen LogP contribution < -0.4 is 15.8 Å². The molecule has 128 valence electrons. The summed E-state index contributed by atoms with van der Waals surface area (Å²) in [4.78, 5) is 17.5. The largest absolute Gasteiger partial charge is 0.496 e. The fraction of sp³-hybridized carbons (Fsp3) is 0.158. The van der Waals surface area contributed by atoms with E-state index in [1.54, 1.807) is 18.2 Å². The second kappa shape index (κ2) is 6.94. The molecular weight excluding hydrogens is 334 g/mol. The average Bonchev–Trinajstić information content (AvgIpc) is 2.98. The summed E-state index contributed by atoms with van der Waals surface area (Å²) in [5, 5.41) is 3.84. The average molecular weight is 353 g/mol. The minimum absolute atomic E-state index is 0.193. The first-order valence-corrected chi connectivity index (χ1v) is 8.60. The Kier molecular flexibility index (Phi) is 4.72. The number of ketones is 1. The third-order valence-corrected chi connectivity index (χ3v) is 5.04. The van der Waals surface area contributed by atoms with E-state index in [-0.39, 0.29) is 11.6 Å². The van der Waals surface area contributed by atoms with Crippen molar-refractivity contribution < 1.29 is 9.53 Å². The summed E-state index contributed by atoms with van der Waals surface area (Å²) >= 11 is 1.24. The number of rotatable bonds is 5. The van der Waals surface area contributed by atoms with Crippen molar-refractivity contribution >= 4 is 33.8 Å². The zero-order valence-corrected chi connectivity index (χ0v) is 15.1. The van der Waals surface area contributed by atoms with Gasteiger partial charge in [0.05, 0.1) is 12.7 Å². The quantitative estimate of drug-likeness (QED) is 0.668. The van der Waals surface area contributed by atoms with Crippen LogP contribution in [-0.2, 0) is 0 Å². The number of hydrogen-bond donors (Lipinski definition) is 2. The number of nitrogen functional groups attached to an aromatic ring is 1. The summed E-state index contributed by atoms with van der Waals surface area (Å²) in [5.41, 5.74) is 9.72. The molecule has 0 unspecified atom stereocenters. The lowest BCUT2D eigenvalue weighted by Crippen LogP contribution is -2.04. The van der Waals surface area contributed by atoms with Crippen molar-refractivity contribution in [1.29, 1.82) is 0 Å². The Labute approximate surface area is 150 Å². The monoisotopic (exact) mass is 353 g/mol. The Hall–Kier alpha value is -2.86. The summed E-state index contributed by atoms with van der Waals surface area (Å²) in [6.07, 6.45) is 0. The Morgan fingerprint density at radius 3 is 2.68 bits per heavy atom. The zero-order valence-electron chi connectivity index (χ0n) is 14.3. The summed E-state index contributed by atoms with van der Waals surface area (Å²) < 4.78 is 5.27. The number of aromatic nitrogens is 1. The lowest BCUT2D eigenvalue weighted by molar-refractivity contribution is 0.104. The van der Waals surface area contributed by atoms with Crippen LogP contribution in [0, 0.1) is 13.8 Å². The third-order valence-electron chi connectivity index (χ3n) is 4.06. The van der Waals surface area contributed by atoms with Crippen LogP contribution in [0.4, 0.5) is 16.6 Å². The van der Waals surface area contributed by atoms with E-state index in [1.165, 1.54) is 24.0 Å². The van der Waals surface area contributed by atoms with Crippen LogP contribution in [0.2, 0.25) is 0 Å². The highest BCUT2D eigenvalue weighted by Crippen LogP contribution is 2.32. The van der Waals surface area contributed by atoms with Gasteiger partial charge in [-0.15, -0.1) is 0 Å². The SMILES string of the molecule is COc1ccccc1C(=O)c1sc(Nc2cccc(C)c2C)nc1N. The van der Waals surface area contributed by atoms with Gasteiger partial charge in [-0.1, -0.05) is 35.6 Å².